The molecule has 2 N–H and O–H groups in total. The summed E-state index contributed by atoms with van der Waals surface area (Å²) in [5.74, 6) is -3.21. The van der Waals surface area contributed by atoms with Crippen molar-refractivity contribution in [3.63, 3.8) is 0 Å². The molecule has 2 atom stereocenters. The van der Waals surface area contributed by atoms with Crippen molar-refractivity contribution in [1.82, 2.24) is 4.98 Å². The molecule has 0 fully saturated rings. The number of rotatable bonds is 4. The zero-order valence-electron chi connectivity index (χ0n) is 16.8. The van der Waals surface area contributed by atoms with Crippen LogP contribution < -0.4 is 5.73 Å². The molecule has 0 aliphatic carbocycles. The van der Waals surface area contributed by atoms with Gasteiger partial charge in [-0.15, -0.1) is 12.4 Å². The van der Waals surface area contributed by atoms with E-state index in [9.17, 15) is 26.7 Å². The van der Waals surface area contributed by atoms with E-state index in [0.717, 1.165) is 25.3 Å². The number of hydrogen-bond donors (Lipinski definition) is 1. The number of Topliss-reactive ketones (excluding diaryl/α,β-unsaturated/α-hetero) is 1. The number of amidine groups is 1. The molecule has 1 aliphatic heterocycles. The number of carbonyl (C=O) groups excluding carboxylic acids is 1. The fourth-order valence-electron chi connectivity index (χ4n) is 3.11. The Bertz CT molecular complexity index is 1080. The monoisotopic (exact) mass is 497 g/mol. The summed E-state index contributed by atoms with van der Waals surface area (Å²) in [7, 11) is 0. The van der Waals surface area contributed by atoms with Gasteiger partial charge in [-0.1, -0.05) is 17.7 Å². The van der Waals surface area contributed by atoms with Gasteiger partial charge in [-0.2, -0.15) is 13.2 Å². The molecule has 174 valence electrons. The summed E-state index contributed by atoms with van der Waals surface area (Å²) in [4.78, 5) is 20.0. The Morgan fingerprint density at radius 2 is 1.88 bits per heavy atom. The van der Waals surface area contributed by atoms with Crippen molar-refractivity contribution in [3.05, 3.63) is 63.9 Å². The lowest BCUT2D eigenvalue weighted by Crippen LogP contribution is -2.60. The van der Waals surface area contributed by atoms with Gasteiger partial charge in [0.15, 0.2) is 11.6 Å². The summed E-state index contributed by atoms with van der Waals surface area (Å²) in [5.41, 5.74) is 0.908. The number of pyridine rings is 1. The van der Waals surface area contributed by atoms with Gasteiger partial charge in [-0.05, 0) is 37.6 Å². The van der Waals surface area contributed by atoms with Crippen LogP contribution in [0.4, 0.5) is 22.0 Å². The van der Waals surface area contributed by atoms with Crippen LogP contribution in [0.25, 0.3) is 0 Å². The first-order valence-electron chi connectivity index (χ1n) is 8.96. The highest BCUT2D eigenvalue weighted by Gasteiger charge is 2.59. The number of aliphatic imine (C=N–C) groups is 1. The first-order valence-corrected chi connectivity index (χ1v) is 9.34. The number of aromatic nitrogens is 1. The number of ether oxygens (including phenoxy) is 1. The molecule has 12 heteroatoms. The molecule has 2 aromatic rings. The molecule has 5 nitrogen and oxygen atoms in total. The summed E-state index contributed by atoms with van der Waals surface area (Å²) in [5, 5.41) is 0.0182. The van der Waals surface area contributed by atoms with Crippen LogP contribution in [0.5, 0.6) is 0 Å². The molecule has 3 rings (SSSR count). The van der Waals surface area contributed by atoms with E-state index in [1.807, 2.05) is 0 Å². The van der Waals surface area contributed by atoms with Crippen molar-refractivity contribution in [1.29, 1.82) is 0 Å². The Kier molecular flexibility index (Phi) is 7.23. The zero-order chi connectivity index (χ0) is 23.2. The second kappa shape index (κ2) is 8.92. The maximum absolute atomic E-state index is 14.6. The Balaban J connectivity index is 0.00000363. The molecule has 1 aromatic carbocycles. The van der Waals surface area contributed by atoms with Gasteiger partial charge in [0.2, 0.25) is 5.60 Å². The quantitative estimate of drug-likeness (QED) is 0.486. The van der Waals surface area contributed by atoms with E-state index in [4.69, 9.17) is 22.1 Å². The predicted molar refractivity (Wildman–Crippen MR) is 110 cm³/mol. The van der Waals surface area contributed by atoms with Crippen LogP contribution in [0.1, 0.15) is 35.5 Å². The van der Waals surface area contributed by atoms with Crippen molar-refractivity contribution >= 4 is 35.6 Å². The molecular formula is C20H18Cl2F5N3O2. The van der Waals surface area contributed by atoms with Gasteiger partial charge < -0.3 is 10.5 Å². The second-order valence-corrected chi connectivity index (χ2v) is 7.93. The predicted octanol–water partition coefficient (Wildman–Crippen LogP) is 4.78. The van der Waals surface area contributed by atoms with Crippen molar-refractivity contribution in [3.8, 4) is 0 Å². The van der Waals surface area contributed by atoms with Crippen LogP contribution >= 0.6 is 24.0 Å². The van der Waals surface area contributed by atoms with Gasteiger partial charge in [-0.25, -0.2) is 13.8 Å². The Hall–Kier alpha value is -2.30. The molecule has 0 spiro atoms. The first-order chi connectivity index (χ1) is 14.3. The maximum atomic E-state index is 14.6. The normalized spacial score (nSPS) is 23.3. The Labute approximate surface area is 191 Å². The summed E-state index contributed by atoms with van der Waals surface area (Å²) in [6.07, 6.45) is -4.04. The van der Waals surface area contributed by atoms with E-state index in [2.05, 4.69) is 9.98 Å². The molecule has 0 saturated heterocycles. The van der Waals surface area contributed by atoms with Crippen molar-refractivity contribution in [2.24, 2.45) is 10.7 Å². The van der Waals surface area contributed by atoms with E-state index in [1.165, 1.54) is 19.1 Å². The standard InChI is InChI=1S/C20H17ClF5N3O2.ClH/c1-18(9-31-19(2,17(27)29-18)20(24,25)26)12-5-10(3-4-13(12)22)6-15(30)16-14(23)7-11(21)8-28-16;/h3-5,7-8H,6,9H2,1-2H3,(H2,27,29);1H/t18-,19+;/m0./s1. The molecule has 1 aromatic heterocycles. The number of benzene rings is 1. The summed E-state index contributed by atoms with van der Waals surface area (Å²) < 4.78 is 73.4. The highest BCUT2D eigenvalue weighted by molar-refractivity contribution is 6.30. The lowest BCUT2D eigenvalue weighted by atomic mass is 9.88. The zero-order valence-corrected chi connectivity index (χ0v) is 18.3. The highest BCUT2D eigenvalue weighted by Crippen LogP contribution is 2.41. The van der Waals surface area contributed by atoms with Crippen LogP contribution in [0.15, 0.2) is 35.5 Å². The minimum absolute atomic E-state index is 0. The van der Waals surface area contributed by atoms with Crippen LogP contribution in [0, 0.1) is 11.6 Å². The molecule has 0 amide bonds. The number of nitrogens with two attached hydrogens (primary N) is 1. The fraction of sp³-hybridized carbons (Fsp3) is 0.350. The van der Waals surface area contributed by atoms with Gasteiger partial charge in [0, 0.05) is 18.2 Å². The second-order valence-electron chi connectivity index (χ2n) is 7.49. The largest absolute Gasteiger partial charge is 0.424 e. The number of halogens is 7. The number of carbonyl (C=O) groups is 1. The van der Waals surface area contributed by atoms with E-state index in [1.54, 1.807) is 0 Å². The van der Waals surface area contributed by atoms with Gasteiger partial charge in [-0.3, -0.25) is 9.79 Å². The van der Waals surface area contributed by atoms with Crippen molar-refractivity contribution in [2.75, 3.05) is 6.61 Å². The third kappa shape index (κ3) is 4.72. The number of hydrogen-bond acceptors (Lipinski definition) is 5. The van der Waals surface area contributed by atoms with E-state index >= 15 is 0 Å². The molecule has 0 saturated carbocycles. The van der Waals surface area contributed by atoms with Gasteiger partial charge in [0.05, 0.1) is 11.6 Å². The summed E-state index contributed by atoms with van der Waals surface area (Å²) in [6, 6.07) is 4.54. The number of alkyl halides is 3. The van der Waals surface area contributed by atoms with Gasteiger partial charge >= 0.3 is 6.18 Å². The molecule has 1 aliphatic rings. The number of ketones is 1. The van der Waals surface area contributed by atoms with Crippen molar-refractivity contribution in [2.45, 2.75) is 37.6 Å². The third-order valence-electron chi connectivity index (χ3n) is 5.09. The number of nitrogens with zero attached hydrogens (tertiary/aromatic N) is 2. The van der Waals surface area contributed by atoms with Crippen LogP contribution in [-0.4, -0.2) is 35.0 Å². The van der Waals surface area contributed by atoms with E-state index in [0.29, 0.717) is 0 Å². The average Bonchev–Trinajstić information content (AvgIpc) is 2.65. The SMILES string of the molecule is C[C@@]1(c2cc(CC(=O)c3ncc(Cl)cc3F)ccc2F)CO[C@@](C)(C(F)(F)F)C(N)=N1.Cl. The molecule has 0 bridgehead atoms. The van der Waals surface area contributed by atoms with Crippen LogP contribution in [0.2, 0.25) is 5.02 Å². The molecule has 32 heavy (non-hydrogen) atoms. The lowest BCUT2D eigenvalue weighted by molar-refractivity contribution is -0.249. The smallest absolute Gasteiger partial charge is 0.385 e. The molecule has 0 unspecified atom stereocenters. The summed E-state index contributed by atoms with van der Waals surface area (Å²) in [6.45, 7) is 1.50. The topological polar surface area (TPSA) is 77.6 Å². The van der Waals surface area contributed by atoms with E-state index in [-0.39, 0.29) is 35.0 Å². The summed E-state index contributed by atoms with van der Waals surface area (Å²) >= 11 is 5.62. The van der Waals surface area contributed by atoms with Crippen LogP contribution in [-0.2, 0) is 16.7 Å². The van der Waals surface area contributed by atoms with Crippen molar-refractivity contribution < 1.29 is 31.5 Å². The Morgan fingerprint density at radius 1 is 1.22 bits per heavy atom. The van der Waals surface area contributed by atoms with Crippen LogP contribution in [0.3, 0.4) is 0 Å². The lowest BCUT2D eigenvalue weighted by Gasteiger charge is -2.41. The van der Waals surface area contributed by atoms with Gasteiger partial charge in [0.25, 0.3) is 0 Å². The van der Waals surface area contributed by atoms with E-state index < -0.39 is 52.9 Å². The highest BCUT2D eigenvalue weighted by atomic mass is 35.5. The minimum Gasteiger partial charge on any atom is -0.385 e. The minimum atomic E-state index is -4.82. The fourth-order valence-corrected chi connectivity index (χ4v) is 3.26. The average molecular weight is 498 g/mol. The molecule has 2 heterocycles. The Morgan fingerprint density at radius 3 is 2.44 bits per heavy atom. The maximum Gasteiger partial charge on any atom is 0.424 e. The molecule has 0 radical (unpaired) electrons. The first kappa shape index (κ1) is 26.0. The third-order valence-corrected chi connectivity index (χ3v) is 5.29. The van der Waals surface area contributed by atoms with Gasteiger partial charge in [0.1, 0.15) is 22.9 Å². The molecular weight excluding hydrogens is 480 g/mol.